The Hall–Kier alpha value is -2.53. The summed E-state index contributed by atoms with van der Waals surface area (Å²) in [5, 5.41) is 12.6. The second-order valence-electron chi connectivity index (χ2n) is 4.57. The molecule has 1 amide bonds. The second-order valence-corrected chi connectivity index (χ2v) is 4.57. The van der Waals surface area contributed by atoms with Crippen molar-refractivity contribution in [3.05, 3.63) is 53.6 Å². The first-order chi connectivity index (χ1) is 10.1. The van der Waals surface area contributed by atoms with Crippen molar-refractivity contribution in [3.63, 3.8) is 0 Å². The molecule has 5 heteroatoms. The van der Waals surface area contributed by atoms with Crippen LogP contribution >= 0.6 is 0 Å². The lowest BCUT2D eigenvalue weighted by molar-refractivity contribution is 0.102. The summed E-state index contributed by atoms with van der Waals surface area (Å²) in [4.78, 5) is 12.1. The Morgan fingerprint density at radius 2 is 1.95 bits per heavy atom. The molecule has 0 aliphatic heterocycles. The molecule has 21 heavy (non-hydrogen) atoms. The van der Waals surface area contributed by atoms with Crippen LogP contribution in [0.1, 0.15) is 15.9 Å². The van der Waals surface area contributed by atoms with Crippen LogP contribution in [0.25, 0.3) is 0 Å². The van der Waals surface area contributed by atoms with Crippen LogP contribution in [0.15, 0.2) is 42.5 Å². The molecule has 0 radical (unpaired) electrons. The van der Waals surface area contributed by atoms with E-state index in [4.69, 9.17) is 10.5 Å². The maximum atomic E-state index is 12.1. The number of aromatic hydroxyl groups is 1. The number of hydrogen-bond donors (Lipinski definition) is 3. The molecule has 0 spiro atoms. The van der Waals surface area contributed by atoms with Gasteiger partial charge >= 0.3 is 0 Å². The molecule has 2 rings (SSSR count). The minimum Gasteiger partial charge on any atom is -0.507 e. The molecule has 5 nitrogen and oxygen atoms in total. The van der Waals surface area contributed by atoms with Gasteiger partial charge in [-0.25, -0.2) is 0 Å². The molecule has 2 aromatic rings. The maximum Gasteiger partial charge on any atom is 0.259 e. The summed E-state index contributed by atoms with van der Waals surface area (Å²) >= 11 is 0. The third kappa shape index (κ3) is 3.73. The lowest BCUT2D eigenvalue weighted by Crippen LogP contribution is -2.12. The van der Waals surface area contributed by atoms with E-state index in [9.17, 15) is 9.90 Å². The molecule has 0 aliphatic carbocycles. The smallest absolute Gasteiger partial charge is 0.259 e. The summed E-state index contributed by atoms with van der Waals surface area (Å²) in [7, 11) is 1.50. The van der Waals surface area contributed by atoms with Crippen LogP contribution in [0.5, 0.6) is 11.5 Å². The zero-order chi connectivity index (χ0) is 15.2. The lowest BCUT2D eigenvalue weighted by atomic mass is 10.1. The van der Waals surface area contributed by atoms with Crippen molar-refractivity contribution in [2.45, 2.75) is 6.42 Å². The highest BCUT2D eigenvalue weighted by Gasteiger charge is 2.12. The van der Waals surface area contributed by atoms with E-state index in [-0.39, 0.29) is 17.2 Å². The molecule has 2 aromatic carbocycles. The van der Waals surface area contributed by atoms with Gasteiger partial charge in [0.2, 0.25) is 0 Å². The van der Waals surface area contributed by atoms with Crippen molar-refractivity contribution in [2.24, 2.45) is 5.73 Å². The first-order valence-electron chi connectivity index (χ1n) is 6.61. The Labute approximate surface area is 123 Å². The number of phenols is 1. The summed E-state index contributed by atoms with van der Waals surface area (Å²) in [5.41, 5.74) is 7.46. The van der Waals surface area contributed by atoms with Crippen LogP contribution in [0.2, 0.25) is 0 Å². The molecule has 0 aliphatic rings. The normalized spacial score (nSPS) is 10.2. The predicted molar refractivity (Wildman–Crippen MR) is 81.8 cm³/mol. The van der Waals surface area contributed by atoms with E-state index in [1.807, 2.05) is 24.3 Å². The van der Waals surface area contributed by atoms with Crippen LogP contribution in [0.3, 0.4) is 0 Å². The van der Waals surface area contributed by atoms with E-state index < -0.39 is 0 Å². The average Bonchev–Trinajstić information content (AvgIpc) is 2.49. The van der Waals surface area contributed by atoms with Gasteiger partial charge in [-0.1, -0.05) is 12.1 Å². The van der Waals surface area contributed by atoms with Crippen LogP contribution < -0.4 is 15.8 Å². The Kier molecular flexibility index (Phi) is 4.79. The topological polar surface area (TPSA) is 84.6 Å². The fourth-order valence-electron chi connectivity index (χ4n) is 1.95. The molecule has 4 N–H and O–H groups in total. The van der Waals surface area contributed by atoms with Gasteiger partial charge in [0.15, 0.2) is 0 Å². The van der Waals surface area contributed by atoms with Crippen molar-refractivity contribution in [1.29, 1.82) is 0 Å². The van der Waals surface area contributed by atoms with Crippen molar-refractivity contribution < 1.29 is 14.6 Å². The number of phenolic OH excluding ortho intramolecular Hbond substituents is 1. The second kappa shape index (κ2) is 6.76. The highest BCUT2D eigenvalue weighted by molar-refractivity contribution is 6.06. The van der Waals surface area contributed by atoms with Gasteiger partial charge in [0, 0.05) is 11.8 Å². The molecule has 0 unspecified atom stereocenters. The van der Waals surface area contributed by atoms with E-state index in [1.165, 1.54) is 19.2 Å². The minimum atomic E-state index is -0.373. The van der Waals surface area contributed by atoms with Crippen molar-refractivity contribution in [1.82, 2.24) is 0 Å². The summed E-state index contributed by atoms with van der Waals surface area (Å²) in [5.74, 6) is 0.00326. The molecular formula is C16H18N2O3. The average molecular weight is 286 g/mol. The van der Waals surface area contributed by atoms with Crippen LogP contribution in [0.4, 0.5) is 5.69 Å². The van der Waals surface area contributed by atoms with Crippen LogP contribution in [-0.4, -0.2) is 24.7 Å². The zero-order valence-corrected chi connectivity index (χ0v) is 11.8. The lowest BCUT2D eigenvalue weighted by Gasteiger charge is -2.09. The number of hydrogen-bond acceptors (Lipinski definition) is 4. The zero-order valence-electron chi connectivity index (χ0n) is 11.8. The fraction of sp³-hybridized carbons (Fsp3) is 0.188. The van der Waals surface area contributed by atoms with Gasteiger partial charge in [-0.05, 0) is 42.8 Å². The monoisotopic (exact) mass is 286 g/mol. The number of amides is 1. The van der Waals surface area contributed by atoms with E-state index in [0.717, 1.165) is 12.0 Å². The standard InChI is InChI=1S/C16H18N2O3/c1-21-13-6-7-14(15(19)10-13)16(20)18-12-4-2-11(3-5-12)8-9-17/h2-7,10,19H,8-9,17H2,1H3,(H,18,20). The first kappa shape index (κ1) is 14.9. The number of anilines is 1. The molecule has 110 valence electrons. The summed E-state index contributed by atoms with van der Waals surface area (Å²) in [6, 6.07) is 12.0. The Bertz CT molecular complexity index is 624. The Balaban J connectivity index is 2.10. The minimum absolute atomic E-state index is 0.119. The molecule has 0 atom stereocenters. The Morgan fingerprint density at radius 1 is 1.24 bits per heavy atom. The van der Waals surface area contributed by atoms with Crippen molar-refractivity contribution in [3.8, 4) is 11.5 Å². The predicted octanol–water partition coefficient (Wildman–Crippen LogP) is 2.15. The largest absolute Gasteiger partial charge is 0.507 e. The SMILES string of the molecule is COc1ccc(C(=O)Nc2ccc(CCN)cc2)c(O)c1. The quantitative estimate of drug-likeness (QED) is 0.786. The number of carbonyl (C=O) groups excluding carboxylic acids is 1. The number of carbonyl (C=O) groups is 1. The highest BCUT2D eigenvalue weighted by atomic mass is 16.5. The molecule has 0 heterocycles. The van der Waals surface area contributed by atoms with E-state index in [2.05, 4.69) is 5.32 Å². The van der Waals surface area contributed by atoms with Crippen LogP contribution in [-0.2, 0) is 6.42 Å². The van der Waals surface area contributed by atoms with Crippen molar-refractivity contribution >= 4 is 11.6 Å². The molecule has 0 saturated carbocycles. The molecule has 0 aromatic heterocycles. The van der Waals surface area contributed by atoms with Crippen molar-refractivity contribution in [2.75, 3.05) is 19.0 Å². The van der Waals surface area contributed by atoms with Gasteiger partial charge in [0.1, 0.15) is 11.5 Å². The van der Waals surface area contributed by atoms with E-state index in [0.29, 0.717) is 18.0 Å². The molecule has 0 fully saturated rings. The molecular weight excluding hydrogens is 268 g/mol. The van der Waals surface area contributed by atoms with Gasteiger partial charge in [-0.3, -0.25) is 4.79 Å². The summed E-state index contributed by atoms with van der Waals surface area (Å²) < 4.78 is 4.98. The fourth-order valence-corrected chi connectivity index (χ4v) is 1.95. The number of nitrogens with two attached hydrogens (primary N) is 1. The summed E-state index contributed by atoms with van der Waals surface area (Å²) in [6.07, 6.45) is 0.799. The number of rotatable bonds is 5. The van der Waals surface area contributed by atoms with Gasteiger partial charge in [-0.2, -0.15) is 0 Å². The first-order valence-corrected chi connectivity index (χ1v) is 6.61. The molecule has 0 bridgehead atoms. The van der Waals surface area contributed by atoms with Crippen LogP contribution in [0, 0.1) is 0 Å². The number of methoxy groups -OCH3 is 1. The van der Waals surface area contributed by atoms with Gasteiger partial charge in [0.05, 0.1) is 12.7 Å². The highest BCUT2D eigenvalue weighted by Crippen LogP contribution is 2.24. The van der Waals surface area contributed by atoms with E-state index in [1.54, 1.807) is 6.07 Å². The Morgan fingerprint density at radius 3 is 2.52 bits per heavy atom. The number of ether oxygens (including phenoxy) is 1. The van der Waals surface area contributed by atoms with E-state index >= 15 is 0 Å². The number of benzene rings is 2. The van der Waals surface area contributed by atoms with Gasteiger partial charge < -0.3 is 20.9 Å². The third-order valence-corrected chi connectivity index (χ3v) is 3.09. The molecule has 0 saturated heterocycles. The van der Waals surface area contributed by atoms with Gasteiger partial charge in [0.25, 0.3) is 5.91 Å². The maximum absolute atomic E-state index is 12.1. The third-order valence-electron chi connectivity index (χ3n) is 3.09. The summed E-state index contributed by atoms with van der Waals surface area (Å²) in [6.45, 7) is 0.589. The number of nitrogens with one attached hydrogen (secondary N) is 1. The van der Waals surface area contributed by atoms with Gasteiger partial charge in [-0.15, -0.1) is 0 Å².